The van der Waals surface area contributed by atoms with Crippen molar-refractivity contribution in [3.05, 3.63) is 65.7 Å². The summed E-state index contributed by atoms with van der Waals surface area (Å²) < 4.78 is 5.55. The zero-order valence-corrected chi connectivity index (χ0v) is 17.2. The van der Waals surface area contributed by atoms with Crippen molar-refractivity contribution >= 4 is 0 Å². The number of aromatic hydroxyl groups is 1. The van der Waals surface area contributed by atoms with Gasteiger partial charge >= 0.3 is 0 Å². The number of hydrogen-bond donors (Lipinski definition) is 2. The van der Waals surface area contributed by atoms with Gasteiger partial charge in [-0.05, 0) is 42.0 Å². The van der Waals surface area contributed by atoms with Gasteiger partial charge in [-0.15, -0.1) is 0 Å². The molecule has 0 bridgehead atoms. The molecule has 4 heteroatoms. The largest absolute Gasteiger partial charge is 0.508 e. The van der Waals surface area contributed by atoms with E-state index in [1.807, 2.05) is 18.2 Å². The van der Waals surface area contributed by atoms with E-state index in [2.05, 4.69) is 29.2 Å². The fraction of sp³-hybridized carbons (Fsp3) is 0.520. The highest BCUT2D eigenvalue weighted by Gasteiger charge is 2.46. The van der Waals surface area contributed by atoms with E-state index in [9.17, 15) is 10.2 Å². The number of benzene rings is 2. The Labute approximate surface area is 174 Å². The number of ether oxygens (including phenoxy) is 1. The quantitative estimate of drug-likeness (QED) is 0.767. The van der Waals surface area contributed by atoms with Crippen LogP contribution in [0.2, 0.25) is 0 Å². The first-order valence-electron chi connectivity index (χ1n) is 11.0. The highest BCUT2D eigenvalue weighted by atomic mass is 16.5. The highest BCUT2D eigenvalue weighted by Crippen LogP contribution is 2.48. The van der Waals surface area contributed by atoms with Crippen molar-refractivity contribution in [1.82, 2.24) is 4.90 Å². The van der Waals surface area contributed by atoms with Crippen LogP contribution in [0.3, 0.4) is 0 Å². The fourth-order valence-corrected chi connectivity index (χ4v) is 5.22. The molecule has 2 aromatic carbocycles. The van der Waals surface area contributed by atoms with E-state index in [4.69, 9.17) is 4.74 Å². The van der Waals surface area contributed by atoms with Crippen LogP contribution in [0, 0.1) is 5.92 Å². The molecule has 29 heavy (non-hydrogen) atoms. The van der Waals surface area contributed by atoms with Gasteiger partial charge in [0, 0.05) is 25.6 Å². The maximum absolute atomic E-state index is 12.5. The average Bonchev–Trinajstić information content (AvgIpc) is 2.79. The molecule has 2 unspecified atom stereocenters. The molecule has 0 radical (unpaired) electrons. The molecule has 0 aromatic heterocycles. The van der Waals surface area contributed by atoms with Gasteiger partial charge in [-0.25, -0.2) is 0 Å². The molecule has 2 N–H and O–H groups in total. The molecule has 0 amide bonds. The van der Waals surface area contributed by atoms with Crippen LogP contribution in [0.1, 0.15) is 49.1 Å². The van der Waals surface area contributed by atoms with Crippen molar-refractivity contribution < 1.29 is 14.9 Å². The monoisotopic (exact) mass is 395 g/mol. The zero-order chi connectivity index (χ0) is 20.1. The second kappa shape index (κ2) is 9.29. The molecular weight excluding hydrogens is 362 g/mol. The smallest absolute Gasteiger partial charge is 0.115 e. The minimum atomic E-state index is -0.965. The third kappa shape index (κ3) is 4.50. The normalized spacial score (nSPS) is 22.1. The van der Waals surface area contributed by atoms with Gasteiger partial charge in [-0.3, -0.25) is 4.90 Å². The number of nitrogens with zero attached hydrogens (tertiary/aromatic N) is 1. The van der Waals surface area contributed by atoms with Crippen molar-refractivity contribution in [3.8, 4) is 5.75 Å². The molecule has 1 saturated carbocycles. The molecule has 156 valence electrons. The summed E-state index contributed by atoms with van der Waals surface area (Å²) in [5.74, 6) is 0.422. The van der Waals surface area contributed by atoms with E-state index in [1.54, 1.807) is 12.1 Å². The molecule has 1 saturated heterocycles. The van der Waals surface area contributed by atoms with Crippen LogP contribution >= 0.6 is 0 Å². The lowest BCUT2D eigenvalue weighted by atomic mass is 9.65. The van der Waals surface area contributed by atoms with Crippen molar-refractivity contribution in [1.29, 1.82) is 0 Å². The minimum Gasteiger partial charge on any atom is -0.508 e. The zero-order valence-electron chi connectivity index (χ0n) is 17.2. The molecule has 1 aliphatic heterocycles. The van der Waals surface area contributed by atoms with Crippen molar-refractivity contribution in [2.75, 3.05) is 32.8 Å². The van der Waals surface area contributed by atoms with Gasteiger partial charge in [0.25, 0.3) is 0 Å². The summed E-state index contributed by atoms with van der Waals surface area (Å²) >= 11 is 0. The lowest BCUT2D eigenvalue weighted by Gasteiger charge is -2.46. The molecule has 1 heterocycles. The Balaban J connectivity index is 1.76. The van der Waals surface area contributed by atoms with Gasteiger partial charge in [0.15, 0.2) is 0 Å². The predicted molar refractivity (Wildman–Crippen MR) is 115 cm³/mol. The van der Waals surface area contributed by atoms with Crippen LogP contribution in [0.5, 0.6) is 5.75 Å². The Morgan fingerprint density at radius 2 is 1.59 bits per heavy atom. The van der Waals surface area contributed by atoms with Crippen LogP contribution in [0.4, 0.5) is 0 Å². The Bertz CT molecular complexity index is 751. The minimum absolute atomic E-state index is 0.0329. The molecule has 2 fully saturated rings. The van der Waals surface area contributed by atoms with Crippen LogP contribution in [0.15, 0.2) is 54.6 Å². The third-order valence-corrected chi connectivity index (χ3v) is 6.83. The molecule has 2 atom stereocenters. The highest BCUT2D eigenvalue weighted by molar-refractivity contribution is 5.36. The van der Waals surface area contributed by atoms with Crippen LogP contribution in [-0.4, -0.2) is 48.0 Å². The van der Waals surface area contributed by atoms with Crippen molar-refractivity contribution in [3.63, 3.8) is 0 Å². The summed E-state index contributed by atoms with van der Waals surface area (Å²) in [4.78, 5) is 2.43. The number of phenolic OH excluding ortho intramolecular Hbond substituents is 1. The van der Waals surface area contributed by atoms with Gasteiger partial charge < -0.3 is 14.9 Å². The average molecular weight is 396 g/mol. The molecule has 1 aliphatic carbocycles. The summed E-state index contributed by atoms with van der Waals surface area (Å²) in [5, 5.41) is 22.3. The van der Waals surface area contributed by atoms with Crippen LogP contribution in [0.25, 0.3) is 0 Å². The Morgan fingerprint density at radius 1 is 0.931 bits per heavy atom. The van der Waals surface area contributed by atoms with Gasteiger partial charge in [0.2, 0.25) is 0 Å². The number of morpholine rings is 1. The molecule has 4 rings (SSSR count). The Morgan fingerprint density at radius 3 is 2.24 bits per heavy atom. The lowest BCUT2D eigenvalue weighted by Crippen LogP contribution is -2.48. The lowest BCUT2D eigenvalue weighted by molar-refractivity contribution is -0.0758. The predicted octanol–water partition coefficient (Wildman–Crippen LogP) is 4.28. The van der Waals surface area contributed by atoms with Gasteiger partial charge in [-0.2, -0.15) is 0 Å². The summed E-state index contributed by atoms with van der Waals surface area (Å²) in [6, 6.07) is 17.7. The van der Waals surface area contributed by atoms with E-state index >= 15 is 0 Å². The van der Waals surface area contributed by atoms with E-state index in [1.165, 1.54) is 24.8 Å². The maximum atomic E-state index is 12.5. The van der Waals surface area contributed by atoms with E-state index < -0.39 is 5.60 Å². The van der Waals surface area contributed by atoms with Crippen LogP contribution in [-0.2, 0) is 10.3 Å². The van der Waals surface area contributed by atoms with Gasteiger partial charge in [0.05, 0.1) is 13.2 Å². The first-order chi connectivity index (χ1) is 14.2. The van der Waals surface area contributed by atoms with Gasteiger partial charge in [0.1, 0.15) is 11.4 Å². The molecular formula is C25H33NO3. The third-order valence-electron chi connectivity index (χ3n) is 6.83. The molecule has 0 spiro atoms. The SMILES string of the molecule is Oc1ccc(C(O)(C2CCCCC2)C(CN2CCOCC2)c2ccccc2)cc1. The van der Waals surface area contributed by atoms with E-state index in [0.717, 1.165) is 51.3 Å². The number of rotatable bonds is 6. The molecule has 2 aliphatic rings. The fourth-order valence-electron chi connectivity index (χ4n) is 5.22. The second-order valence-corrected chi connectivity index (χ2v) is 8.58. The maximum Gasteiger partial charge on any atom is 0.115 e. The summed E-state index contributed by atoms with van der Waals surface area (Å²) in [7, 11) is 0. The standard InChI is InChI=1S/C25H33NO3/c27-23-13-11-22(12-14-23)25(28,21-9-5-2-6-10-21)24(20-7-3-1-4-8-20)19-26-15-17-29-18-16-26/h1,3-4,7-8,11-14,21,24,27-28H,2,5-6,9-10,15-19H2. The Hall–Kier alpha value is -1.88. The summed E-state index contributed by atoms with van der Waals surface area (Å²) in [5.41, 5.74) is 1.14. The van der Waals surface area contributed by atoms with E-state index in [-0.39, 0.29) is 17.6 Å². The van der Waals surface area contributed by atoms with Crippen LogP contribution < -0.4 is 0 Å². The van der Waals surface area contributed by atoms with Crippen molar-refractivity contribution in [2.45, 2.75) is 43.6 Å². The summed E-state index contributed by atoms with van der Waals surface area (Å²) in [6.45, 7) is 4.12. The number of phenols is 1. The van der Waals surface area contributed by atoms with E-state index in [0.29, 0.717) is 0 Å². The Kier molecular flexibility index (Phi) is 6.53. The number of aliphatic hydroxyl groups is 1. The first-order valence-corrected chi connectivity index (χ1v) is 11.0. The second-order valence-electron chi connectivity index (χ2n) is 8.58. The van der Waals surface area contributed by atoms with Gasteiger partial charge in [-0.1, -0.05) is 61.7 Å². The topological polar surface area (TPSA) is 52.9 Å². The molecule has 4 nitrogen and oxygen atoms in total. The number of hydrogen-bond acceptors (Lipinski definition) is 4. The summed E-state index contributed by atoms with van der Waals surface area (Å²) in [6.07, 6.45) is 5.68. The first kappa shape index (κ1) is 20.4. The molecule has 2 aromatic rings. The van der Waals surface area contributed by atoms with Crippen molar-refractivity contribution in [2.24, 2.45) is 5.92 Å².